The van der Waals surface area contributed by atoms with E-state index in [9.17, 15) is 18.0 Å². The van der Waals surface area contributed by atoms with E-state index in [1.807, 2.05) is 51.1 Å². The third-order valence-electron chi connectivity index (χ3n) is 7.57. The molecule has 0 aliphatic rings. The maximum absolute atomic E-state index is 14.5. The molecule has 236 valence electrons. The second kappa shape index (κ2) is 15.4. The van der Waals surface area contributed by atoms with Gasteiger partial charge in [-0.15, -0.1) is 0 Å². The van der Waals surface area contributed by atoms with E-state index in [1.54, 1.807) is 60.7 Å². The average Bonchev–Trinajstić information content (AvgIpc) is 3.03. The number of aryl methyl sites for hydroxylation is 1. The Morgan fingerprint density at radius 1 is 0.844 bits per heavy atom. The minimum Gasteiger partial charge on any atom is -0.352 e. The van der Waals surface area contributed by atoms with E-state index in [0.29, 0.717) is 22.0 Å². The monoisotopic (exact) mass is 665 g/mol. The molecule has 0 spiro atoms. The van der Waals surface area contributed by atoms with Gasteiger partial charge < -0.3 is 10.2 Å². The molecule has 0 unspecified atom stereocenters. The highest BCUT2D eigenvalue weighted by Crippen LogP contribution is 2.27. The molecule has 1 N–H and O–H groups in total. The van der Waals surface area contributed by atoms with E-state index >= 15 is 0 Å². The first-order valence-corrected chi connectivity index (χ1v) is 16.9. The lowest BCUT2D eigenvalue weighted by Crippen LogP contribution is -2.54. The Kier molecular flexibility index (Phi) is 11.7. The summed E-state index contributed by atoms with van der Waals surface area (Å²) >= 11 is 12.7. The average molecular weight is 667 g/mol. The number of hydrogen-bond donors (Lipinski definition) is 1. The van der Waals surface area contributed by atoms with Crippen LogP contribution in [0.1, 0.15) is 37.0 Å². The lowest BCUT2D eigenvalue weighted by Gasteiger charge is -2.34. The number of nitrogens with zero attached hydrogens (tertiary/aromatic N) is 2. The van der Waals surface area contributed by atoms with Crippen molar-refractivity contribution in [1.82, 2.24) is 10.2 Å². The highest BCUT2D eigenvalue weighted by atomic mass is 35.5. The van der Waals surface area contributed by atoms with Crippen molar-refractivity contribution in [3.05, 3.63) is 130 Å². The lowest BCUT2D eigenvalue weighted by atomic mass is 10.0. The quantitative estimate of drug-likeness (QED) is 0.166. The van der Waals surface area contributed by atoms with Crippen LogP contribution >= 0.6 is 23.2 Å². The van der Waals surface area contributed by atoms with Crippen molar-refractivity contribution in [1.29, 1.82) is 0 Å². The number of rotatable bonds is 13. The molecule has 7 nitrogen and oxygen atoms in total. The SMILES string of the molecule is CC[C@@H](C)NC(=O)[C@H](Cc1ccccc1)N(Cc1ccccc1Cl)C(=O)CN(c1ccc(Cl)cc1)S(=O)(=O)c1ccc(C)cc1. The number of halogens is 2. The molecule has 0 aromatic heterocycles. The van der Waals surface area contributed by atoms with Crippen LogP contribution < -0.4 is 9.62 Å². The minimum atomic E-state index is -4.20. The predicted octanol–water partition coefficient (Wildman–Crippen LogP) is 7.05. The Morgan fingerprint density at radius 3 is 2.09 bits per heavy atom. The smallest absolute Gasteiger partial charge is 0.264 e. The first-order valence-electron chi connectivity index (χ1n) is 14.7. The maximum atomic E-state index is 14.5. The second-order valence-corrected chi connectivity index (χ2v) is 13.6. The fourth-order valence-electron chi connectivity index (χ4n) is 4.78. The van der Waals surface area contributed by atoms with E-state index in [2.05, 4.69) is 5.32 Å². The molecular weight excluding hydrogens is 629 g/mol. The summed E-state index contributed by atoms with van der Waals surface area (Å²) in [5.41, 5.74) is 2.63. The predicted molar refractivity (Wildman–Crippen MR) is 181 cm³/mol. The van der Waals surface area contributed by atoms with Crippen LogP contribution in [0, 0.1) is 6.92 Å². The summed E-state index contributed by atoms with van der Waals surface area (Å²) in [5, 5.41) is 3.87. The van der Waals surface area contributed by atoms with Crippen molar-refractivity contribution >= 4 is 50.7 Å². The van der Waals surface area contributed by atoms with Crippen LogP contribution in [-0.4, -0.2) is 43.8 Å². The van der Waals surface area contributed by atoms with Crippen molar-refractivity contribution in [2.75, 3.05) is 10.8 Å². The van der Waals surface area contributed by atoms with Gasteiger partial charge in [-0.25, -0.2) is 8.42 Å². The van der Waals surface area contributed by atoms with Crippen LogP contribution in [0.5, 0.6) is 0 Å². The zero-order chi connectivity index (χ0) is 32.6. The van der Waals surface area contributed by atoms with Gasteiger partial charge in [-0.1, -0.05) is 96.4 Å². The summed E-state index contributed by atoms with van der Waals surface area (Å²) in [7, 11) is -4.20. The van der Waals surface area contributed by atoms with Crippen LogP contribution in [-0.2, 0) is 32.6 Å². The normalized spacial score (nSPS) is 12.6. The molecule has 45 heavy (non-hydrogen) atoms. The Balaban J connectivity index is 1.81. The summed E-state index contributed by atoms with van der Waals surface area (Å²) in [4.78, 5) is 29.9. The summed E-state index contributed by atoms with van der Waals surface area (Å²) in [6.07, 6.45) is 0.909. The van der Waals surface area contributed by atoms with Gasteiger partial charge in [-0.3, -0.25) is 13.9 Å². The summed E-state index contributed by atoms with van der Waals surface area (Å²) in [5.74, 6) is -0.908. The van der Waals surface area contributed by atoms with Crippen molar-refractivity contribution in [2.45, 2.75) is 57.1 Å². The molecule has 2 amide bonds. The van der Waals surface area contributed by atoms with Gasteiger partial charge in [0.25, 0.3) is 10.0 Å². The fourth-order valence-corrected chi connectivity index (χ4v) is 6.51. The van der Waals surface area contributed by atoms with Gasteiger partial charge in [0, 0.05) is 29.1 Å². The Morgan fingerprint density at radius 2 is 1.47 bits per heavy atom. The van der Waals surface area contributed by atoms with E-state index < -0.39 is 28.5 Å². The number of sulfonamides is 1. The number of benzene rings is 4. The van der Waals surface area contributed by atoms with Gasteiger partial charge in [-0.2, -0.15) is 0 Å². The molecule has 10 heteroatoms. The van der Waals surface area contributed by atoms with Crippen molar-refractivity contribution in [3.63, 3.8) is 0 Å². The van der Waals surface area contributed by atoms with Gasteiger partial charge in [0.15, 0.2) is 0 Å². The summed E-state index contributed by atoms with van der Waals surface area (Å²) in [6, 6.07) is 28.1. The molecule has 0 heterocycles. The van der Waals surface area contributed by atoms with Crippen molar-refractivity contribution in [2.24, 2.45) is 0 Å². The molecule has 4 aromatic carbocycles. The Labute approximate surface area is 275 Å². The first kappa shape index (κ1) is 34.0. The zero-order valence-electron chi connectivity index (χ0n) is 25.5. The summed E-state index contributed by atoms with van der Waals surface area (Å²) < 4.78 is 29.3. The van der Waals surface area contributed by atoms with E-state index in [0.717, 1.165) is 15.4 Å². The van der Waals surface area contributed by atoms with Crippen molar-refractivity contribution in [3.8, 4) is 0 Å². The van der Waals surface area contributed by atoms with Crippen molar-refractivity contribution < 1.29 is 18.0 Å². The number of hydrogen-bond acceptors (Lipinski definition) is 4. The lowest BCUT2D eigenvalue weighted by molar-refractivity contribution is -0.140. The number of amides is 2. The molecule has 0 bridgehead atoms. The van der Waals surface area contributed by atoms with Gasteiger partial charge in [0.2, 0.25) is 11.8 Å². The molecule has 4 rings (SSSR count). The maximum Gasteiger partial charge on any atom is 0.264 e. The molecule has 4 aromatic rings. The highest BCUT2D eigenvalue weighted by Gasteiger charge is 2.35. The largest absolute Gasteiger partial charge is 0.352 e. The molecule has 0 saturated carbocycles. The Hall–Kier alpha value is -3.85. The van der Waals surface area contributed by atoms with Gasteiger partial charge >= 0.3 is 0 Å². The third kappa shape index (κ3) is 8.87. The molecule has 0 aliphatic carbocycles. The van der Waals surface area contributed by atoms with Crippen LogP contribution in [0.25, 0.3) is 0 Å². The van der Waals surface area contributed by atoms with Gasteiger partial charge in [0.1, 0.15) is 12.6 Å². The van der Waals surface area contributed by atoms with Crippen LogP contribution in [0.15, 0.2) is 108 Å². The number of carbonyl (C=O) groups excluding carboxylic acids is 2. The fraction of sp³-hybridized carbons (Fsp3) is 0.257. The minimum absolute atomic E-state index is 0.0109. The van der Waals surface area contributed by atoms with Crippen LogP contribution in [0.3, 0.4) is 0 Å². The molecule has 0 saturated heterocycles. The zero-order valence-corrected chi connectivity index (χ0v) is 27.8. The first-order chi connectivity index (χ1) is 21.5. The second-order valence-electron chi connectivity index (χ2n) is 10.9. The van der Waals surface area contributed by atoms with Gasteiger partial charge in [0.05, 0.1) is 10.6 Å². The number of anilines is 1. The summed E-state index contributed by atoms with van der Waals surface area (Å²) in [6.45, 7) is 5.14. The van der Waals surface area contributed by atoms with Gasteiger partial charge in [-0.05, 0) is 73.9 Å². The Bertz CT molecular complexity index is 1700. The third-order valence-corrected chi connectivity index (χ3v) is 9.98. The number of nitrogens with one attached hydrogen (secondary N) is 1. The molecule has 0 radical (unpaired) electrons. The molecule has 0 fully saturated rings. The molecular formula is C35H37Cl2N3O4S. The standard InChI is InChI=1S/C35H37Cl2N3O4S/c1-4-26(3)38-35(42)33(22-27-10-6-5-7-11-27)39(23-28-12-8-9-13-32(28)37)34(41)24-40(30-18-16-29(36)17-19-30)45(43,44)31-20-14-25(2)15-21-31/h5-21,26,33H,4,22-24H2,1-3H3,(H,38,42)/t26-,33+/m1/s1. The molecule has 2 atom stereocenters. The van der Waals surface area contributed by atoms with E-state index in [1.165, 1.54) is 17.0 Å². The highest BCUT2D eigenvalue weighted by molar-refractivity contribution is 7.92. The van der Waals surface area contributed by atoms with Crippen LogP contribution in [0.4, 0.5) is 5.69 Å². The van der Waals surface area contributed by atoms with E-state index in [-0.39, 0.29) is 35.5 Å². The van der Waals surface area contributed by atoms with Crippen LogP contribution in [0.2, 0.25) is 10.0 Å². The number of carbonyl (C=O) groups is 2. The topological polar surface area (TPSA) is 86.8 Å². The van der Waals surface area contributed by atoms with E-state index in [4.69, 9.17) is 23.2 Å². The molecule has 0 aliphatic heterocycles.